The summed E-state index contributed by atoms with van der Waals surface area (Å²) in [4.78, 5) is 0. The average Bonchev–Trinajstić information content (AvgIpc) is 3.28. The molecule has 1 saturated carbocycles. The first kappa shape index (κ1) is 14.9. The van der Waals surface area contributed by atoms with Crippen molar-refractivity contribution in [1.29, 1.82) is 0 Å². The van der Waals surface area contributed by atoms with Crippen LogP contribution in [0.2, 0.25) is 10.0 Å². The van der Waals surface area contributed by atoms with E-state index in [4.69, 9.17) is 29.0 Å². The number of hydrogen-bond acceptors (Lipinski definition) is 2. The second-order valence-electron chi connectivity index (χ2n) is 5.63. The summed E-state index contributed by atoms with van der Waals surface area (Å²) in [7, 11) is 0. The molecule has 21 heavy (non-hydrogen) atoms. The van der Waals surface area contributed by atoms with Crippen LogP contribution in [0.25, 0.3) is 0 Å². The van der Waals surface area contributed by atoms with Crippen molar-refractivity contribution in [2.24, 2.45) is 11.8 Å². The molecule has 0 spiro atoms. The lowest BCUT2D eigenvalue weighted by Gasteiger charge is -2.17. The van der Waals surface area contributed by atoms with E-state index < -0.39 is 0 Å². The van der Waals surface area contributed by atoms with Gasteiger partial charge < -0.3 is 0 Å². The standard InChI is InChI=1S/C17H18Cl2N2/c18-13-7-6-12(16(19)9-13)8-17(21-20)15-10-14(15)11-4-2-1-3-5-11/h1-7,9,14-15,17,21H,8,10,20H2. The Morgan fingerprint density at radius 1 is 1.14 bits per heavy atom. The molecule has 0 aromatic heterocycles. The molecule has 3 unspecified atom stereocenters. The van der Waals surface area contributed by atoms with Gasteiger partial charge >= 0.3 is 0 Å². The normalized spacial score (nSPS) is 22.0. The maximum Gasteiger partial charge on any atom is 0.0453 e. The van der Waals surface area contributed by atoms with Crippen LogP contribution in [0.5, 0.6) is 0 Å². The summed E-state index contributed by atoms with van der Waals surface area (Å²) in [5.74, 6) is 6.92. The van der Waals surface area contributed by atoms with Gasteiger partial charge in [0.05, 0.1) is 0 Å². The van der Waals surface area contributed by atoms with E-state index in [2.05, 4.69) is 29.7 Å². The van der Waals surface area contributed by atoms with Crippen molar-refractivity contribution >= 4 is 23.2 Å². The van der Waals surface area contributed by atoms with E-state index in [1.54, 1.807) is 6.07 Å². The minimum atomic E-state index is 0.230. The molecule has 0 heterocycles. The topological polar surface area (TPSA) is 38.0 Å². The third-order valence-corrected chi connectivity index (χ3v) is 4.84. The number of nitrogens with two attached hydrogens (primary N) is 1. The highest BCUT2D eigenvalue weighted by molar-refractivity contribution is 6.35. The summed E-state index contributed by atoms with van der Waals surface area (Å²) >= 11 is 12.2. The fraction of sp³-hybridized carbons (Fsp3) is 0.294. The van der Waals surface area contributed by atoms with E-state index in [1.165, 1.54) is 12.0 Å². The van der Waals surface area contributed by atoms with Crippen LogP contribution in [0.3, 0.4) is 0 Å². The maximum atomic E-state index is 6.26. The Hall–Kier alpha value is -1.06. The summed E-state index contributed by atoms with van der Waals surface area (Å²) < 4.78 is 0. The molecule has 0 amide bonds. The zero-order valence-electron chi connectivity index (χ0n) is 11.6. The Balaban J connectivity index is 1.70. The summed E-state index contributed by atoms with van der Waals surface area (Å²) in [5, 5.41) is 1.37. The second-order valence-corrected chi connectivity index (χ2v) is 6.47. The maximum absolute atomic E-state index is 6.26. The zero-order valence-corrected chi connectivity index (χ0v) is 13.1. The minimum Gasteiger partial charge on any atom is -0.271 e. The number of benzene rings is 2. The van der Waals surface area contributed by atoms with Crippen molar-refractivity contribution in [3.05, 3.63) is 69.7 Å². The van der Waals surface area contributed by atoms with Gasteiger partial charge in [0.1, 0.15) is 0 Å². The zero-order chi connectivity index (χ0) is 14.8. The molecule has 0 bridgehead atoms. The summed E-state index contributed by atoms with van der Waals surface area (Å²) in [5.41, 5.74) is 5.44. The number of halogens is 2. The Morgan fingerprint density at radius 3 is 2.57 bits per heavy atom. The van der Waals surface area contributed by atoms with Crippen molar-refractivity contribution in [2.75, 3.05) is 0 Å². The lowest BCUT2D eigenvalue weighted by molar-refractivity contribution is 0.464. The van der Waals surface area contributed by atoms with Gasteiger partial charge in [0.2, 0.25) is 0 Å². The fourth-order valence-electron chi connectivity index (χ4n) is 3.00. The average molecular weight is 321 g/mol. The molecule has 3 N–H and O–H groups in total. The number of hydrazine groups is 1. The van der Waals surface area contributed by atoms with Gasteiger partial charge in [-0.15, -0.1) is 0 Å². The van der Waals surface area contributed by atoms with Gasteiger partial charge in [0.25, 0.3) is 0 Å². The predicted octanol–water partition coefficient (Wildman–Crippen LogP) is 4.17. The first-order valence-electron chi connectivity index (χ1n) is 7.14. The molecule has 110 valence electrons. The van der Waals surface area contributed by atoms with E-state index in [-0.39, 0.29) is 6.04 Å². The molecule has 0 saturated heterocycles. The van der Waals surface area contributed by atoms with Gasteiger partial charge in [-0.05, 0) is 47.9 Å². The van der Waals surface area contributed by atoms with Crippen molar-refractivity contribution in [3.8, 4) is 0 Å². The highest BCUT2D eigenvalue weighted by Gasteiger charge is 2.43. The second kappa shape index (κ2) is 6.37. The van der Waals surface area contributed by atoms with Crippen LogP contribution < -0.4 is 11.3 Å². The van der Waals surface area contributed by atoms with Crippen molar-refractivity contribution in [3.63, 3.8) is 0 Å². The van der Waals surface area contributed by atoms with Crippen LogP contribution in [0.15, 0.2) is 48.5 Å². The molecule has 2 aromatic rings. The molecule has 4 heteroatoms. The van der Waals surface area contributed by atoms with Gasteiger partial charge in [-0.3, -0.25) is 11.3 Å². The highest BCUT2D eigenvalue weighted by atomic mass is 35.5. The molecule has 0 radical (unpaired) electrons. The molecule has 2 nitrogen and oxygen atoms in total. The van der Waals surface area contributed by atoms with E-state index in [0.717, 1.165) is 12.0 Å². The number of hydrogen-bond donors (Lipinski definition) is 2. The lowest BCUT2D eigenvalue weighted by atomic mass is 9.99. The van der Waals surface area contributed by atoms with Crippen LogP contribution in [-0.4, -0.2) is 6.04 Å². The molecule has 3 atom stereocenters. The monoisotopic (exact) mass is 320 g/mol. The number of rotatable bonds is 5. The van der Waals surface area contributed by atoms with Gasteiger partial charge in [0, 0.05) is 16.1 Å². The Morgan fingerprint density at radius 2 is 1.90 bits per heavy atom. The van der Waals surface area contributed by atoms with E-state index in [1.807, 2.05) is 18.2 Å². The Labute approximate surface area is 135 Å². The Kier molecular flexibility index (Phi) is 4.51. The summed E-state index contributed by atoms with van der Waals surface area (Å²) in [6, 6.07) is 16.5. The van der Waals surface area contributed by atoms with E-state index in [9.17, 15) is 0 Å². The minimum absolute atomic E-state index is 0.230. The smallest absolute Gasteiger partial charge is 0.0453 e. The summed E-state index contributed by atoms with van der Waals surface area (Å²) in [6.07, 6.45) is 1.99. The van der Waals surface area contributed by atoms with Crippen LogP contribution >= 0.6 is 23.2 Å². The fourth-order valence-corrected chi connectivity index (χ4v) is 3.49. The number of nitrogens with one attached hydrogen (secondary N) is 1. The molecule has 1 aliphatic carbocycles. The quantitative estimate of drug-likeness (QED) is 0.641. The molecule has 2 aromatic carbocycles. The van der Waals surface area contributed by atoms with E-state index in [0.29, 0.717) is 21.9 Å². The highest BCUT2D eigenvalue weighted by Crippen LogP contribution is 2.50. The van der Waals surface area contributed by atoms with Crippen molar-refractivity contribution in [1.82, 2.24) is 5.43 Å². The molecule has 0 aliphatic heterocycles. The summed E-state index contributed by atoms with van der Waals surface area (Å²) in [6.45, 7) is 0. The first-order chi connectivity index (χ1) is 10.2. The van der Waals surface area contributed by atoms with Crippen LogP contribution in [0.4, 0.5) is 0 Å². The van der Waals surface area contributed by atoms with Gasteiger partial charge in [0.15, 0.2) is 0 Å². The van der Waals surface area contributed by atoms with E-state index >= 15 is 0 Å². The van der Waals surface area contributed by atoms with Gasteiger partial charge in [-0.2, -0.15) is 0 Å². The third kappa shape index (κ3) is 3.41. The van der Waals surface area contributed by atoms with Crippen LogP contribution in [0, 0.1) is 5.92 Å². The molecule has 1 fully saturated rings. The Bertz CT molecular complexity index is 615. The van der Waals surface area contributed by atoms with Crippen LogP contribution in [0.1, 0.15) is 23.5 Å². The van der Waals surface area contributed by atoms with Crippen LogP contribution in [-0.2, 0) is 6.42 Å². The largest absolute Gasteiger partial charge is 0.271 e. The molecular weight excluding hydrogens is 303 g/mol. The van der Waals surface area contributed by atoms with Crippen molar-refractivity contribution in [2.45, 2.75) is 24.8 Å². The first-order valence-corrected chi connectivity index (χ1v) is 7.89. The molecular formula is C17H18Cl2N2. The molecule has 1 aliphatic rings. The molecule has 3 rings (SSSR count). The van der Waals surface area contributed by atoms with Gasteiger partial charge in [-0.1, -0.05) is 59.6 Å². The van der Waals surface area contributed by atoms with Crippen molar-refractivity contribution < 1.29 is 0 Å². The SMILES string of the molecule is NNC(Cc1ccc(Cl)cc1Cl)C1CC1c1ccccc1. The lowest BCUT2D eigenvalue weighted by Crippen LogP contribution is -2.39. The predicted molar refractivity (Wildman–Crippen MR) is 88.6 cm³/mol. The third-order valence-electron chi connectivity index (χ3n) is 4.25. The van der Waals surface area contributed by atoms with Gasteiger partial charge in [-0.25, -0.2) is 0 Å².